The first-order valence-electron chi connectivity index (χ1n) is 13.2. The van der Waals surface area contributed by atoms with E-state index in [4.69, 9.17) is 19.7 Å². The molecule has 214 valence electrons. The summed E-state index contributed by atoms with van der Waals surface area (Å²) in [5, 5.41) is 2.67. The molecule has 0 bridgehead atoms. The highest BCUT2D eigenvalue weighted by Crippen LogP contribution is 2.53. The second kappa shape index (κ2) is 15.0. The maximum atomic E-state index is 13.9. The van der Waals surface area contributed by atoms with Crippen molar-refractivity contribution in [2.24, 2.45) is 17.6 Å². The van der Waals surface area contributed by atoms with Crippen LogP contribution in [0.15, 0.2) is 54.6 Å². The van der Waals surface area contributed by atoms with Gasteiger partial charge in [0.15, 0.2) is 0 Å². The van der Waals surface area contributed by atoms with Gasteiger partial charge in [0.1, 0.15) is 6.04 Å². The molecule has 0 aliphatic carbocycles. The number of esters is 2. The van der Waals surface area contributed by atoms with Crippen molar-refractivity contribution in [3.63, 3.8) is 0 Å². The Kier molecular flexibility index (Phi) is 12.4. The first-order valence-corrected chi connectivity index (χ1v) is 15.1. The number of hydrogen-bond donors (Lipinski definition) is 2. The molecule has 2 rings (SSSR count). The largest absolute Gasteiger partial charge is 0.464 e. The van der Waals surface area contributed by atoms with Crippen LogP contribution in [0, 0.1) is 11.8 Å². The molecule has 0 aliphatic heterocycles. The van der Waals surface area contributed by atoms with Crippen LogP contribution in [0.1, 0.15) is 47.1 Å². The molecule has 39 heavy (non-hydrogen) atoms. The quantitative estimate of drug-likeness (QED) is 0.193. The molecule has 0 fully saturated rings. The molecule has 0 heterocycles. The first kappa shape index (κ1) is 32.2. The lowest BCUT2D eigenvalue weighted by atomic mass is 9.97. The predicted octanol–water partition coefficient (Wildman–Crippen LogP) is 4.72. The zero-order chi connectivity index (χ0) is 29.2. The van der Waals surface area contributed by atoms with Gasteiger partial charge in [-0.15, -0.1) is 0 Å². The van der Waals surface area contributed by atoms with Gasteiger partial charge in [-0.1, -0.05) is 68.4 Å². The maximum absolute atomic E-state index is 13.9. The van der Waals surface area contributed by atoms with Gasteiger partial charge in [0.2, 0.25) is 19.6 Å². The summed E-state index contributed by atoms with van der Waals surface area (Å²) in [7, 11) is -3.69. The Balaban J connectivity index is 2.30. The van der Waals surface area contributed by atoms with Crippen LogP contribution in [-0.2, 0) is 39.4 Å². The van der Waals surface area contributed by atoms with Gasteiger partial charge in [0.05, 0.1) is 24.2 Å². The monoisotopic (exact) mass is 560 g/mol. The fourth-order valence-electron chi connectivity index (χ4n) is 3.83. The van der Waals surface area contributed by atoms with Crippen LogP contribution < -0.4 is 11.1 Å². The summed E-state index contributed by atoms with van der Waals surface area (Å²) in [6, 6.07) is 16.7. The Morgan fingerprint density at radius 1 is 0.897 bits per heavy atom. The third kappa shape index (κ3) is 9.92. The number of carbonyl (C=O) groups is 3. The second-order valence-electron chi connectivity index (χ2n) is 9.86. The molecule has 2 aromatic rings. The van der Waals surface area contributed by atoms with Crippen LogP contribution in [0.2, 0.25) is 0 Å². The molecule has 0 saturated heterocycles. The van der Waals surface area contributed by atoms with Gasteiger partial charge < -0.3 is 20.5 Å². The Bertz CT molecular complexity index is 1140. The molecule has 10 heteroatoms. The van der Waals surface area contributed by atoms with Crippen LogP contribution in [0.25, 0.3) is 11.1 Å². The Labute approximate surface area is 231 Å². The van der Waals surface area contributed by atoms with Gasteiger partial charge in [-0.2, -0.15) is 0 Å². The smallest absolute Gasteiger partial charge is 0.328 e. The highest BCUT2D eigenvalue weighted by molar-refractivity contribution is 7.59. The third-order valence-corrected chi connectivity index (χ3v) is 8.93. The SMILES string of the molecule is CCOC(=O)[C@H](C)NC(=O)[C@H](Cc1ccc(-c2ccccc2)cc1)CP(=O)(OC(C)OC(=O)C(C)C)[C@H](C)N. The van der Waals surface area contributed by atoms with Gasteiger partial charge in [-0.3, -0.25) is 18.7 Å². The molecule has 0 radical (unpaired) electrons. The van der Waals surface area contributed by atoms with Crippen molar-refractivity contribution < 1.29 is 32.9 Å². The van der Waals surface area contributed by atoms with Crippen molar-refractivity contribution in [2.45, 2.75) is 66.1 Å². The molecule has 1 amide bonds. The van der Waals surface area contributed by atoms with E-state index in [-0.39, 0.29) is 19.2 Å². The van der Waals surface area contributed by atoms with E-state index in [9.17, 15) is 18.9 Å². The molecule has 9 nitrogen and oxygen atoms in total. The number of rotatable bonds is 14. The summed E-state index contributed by atoms with van der Waals surface area (Å²) in [6.45, 7) is 9.73. The van der Waals surface area contributed by atoms with Crippen molar-refractivity contribution in [2.75, 3.05) is 12.8 Å². The molecular weight excluding hydrogens is 519 g/mol. The number of nitrogens with one attached hydrogen (secondary N) is 1. The van der Waals surface area contributed by atoms with E-state index in [0.29, 0.717) is 0 Å². The topological polar surface area (TPSA) is 134 Å². The van der Waals surface area contributed by atoms with E-state index in [2.05, 4.69) is 5.32 Å². The van der Waals surface area contributed by atoms with Crippen molar-refractivity contribution in [3.05, 3.63) is 60.2 Å². The van der Waals surface area contributed by atoms with Crippen molar-refractivity contribution in [1.82, 2.24) is 5.32 Å². The molecule has 0 spiro atoms. The van der Waals surface area contributed by atoms with Gasteiger partial charge >= 0.3 is 11.9 Å². The highest BCUT2D eigenvalue weighted by Gasteiger charge is 2.38. The number of carbonyl (C=O) groups excluding carboxylic acids is 3. The van der Waals surface area contributed by atoms with Crippen LogP contribution in [0.3, 0.4) is 0 Å². The van der Waals surface area contributed by atoms with Gasteiger partial charge in [-0.05, 0) is 50.8 Å². The van der Waals surface area contributed by atoms with Crippen molar-refractivity contribution in [1.29, 1.82) is 0 Å². The number of nitrogens with two attached hydrogens (primary N) is 1. The van der Waals surface area contributed by atoms with Crippen LogP contribution in [-0.4, -0.2) is 48.7 Å². The lowest BCUT2D eigenvalue weighted by Crippen LogP contribution is -2.44. The summed E-state index contributed by atoms with van der Waals surface area (Å²) in [5.74, 6) is -3.75. The zero-order valence-electron chi connectivity index (χ0n) is 23.6. The Morgan fingerprint density at radius 2 is 1.49 bits per heavy atom. The van der Waals surface area contributed by atoms with Gasteiger partial charge in [0, 0.05) is 6.16 Å². The summed E-state index contributed by atoms with van der Waals surface area (Å²) in [5.41, 5.74) is 8.99. The van der Waals surface area contributed by atoms with Gasteiger partial charge in [-0.25, -0.2) is 4.79 Å². The number of amides is 1. The van der Waals surface area contributed by atoms with Crippen LogP contribution in [0.4, 0.5) is 0 Å². The molecule has 5 atom stereocenters. The zero-order valence-corrected chi connectivity index (χ0v) is 24.5. The average molecular weight is 561 g/mol. The summed E-state index contributed by atoms with van der Waals surface area (Å²) < 4.78 is 29.9. The summed E-state index contributed by atoms with van der Waals surface area (Å²) in [4.78, 5) is 37.5. The number of ether oxygens (including phenoxy) is 2. The molecule has 3 N–H and O–H groups in total. The highest BCUT2D eigenvalue weighted by atomic mass is 31.2. The van der Waals surface area contributed by atoms with Gasteiger partial charge in [0.25, 0.3) is 0 Å². The summed E-state index contributed by atoms with van der Waals surface area (Å²) in [6.07, 6.45) is -1.11. The minimum absolute atomic E-state index is 0.178. The average Bonchev–Trinajstić information content (AvgIpc) is 2.89. The van der Waals surface area contributed by atoms with E-state index in [1.165, 1.54) is 20.8 Å². The fraction of sp³-hybridized carbons (Fsp3) is 0.483. The predicted molar refractivity (Wildman–Crippen MR) is 151 cm³/mol. The molecular formula is C29H41N2O7P. The minimum Gasteiger partial charge on any atom is -0.464 e. The second-order valence-corrected chi connectivity index (χ2v) is 12.7. The fourth-order valence-corrected chi connectivity index (χ4v) is 5.90. The standard InChI is InChI=1S/C29H41N2O7P/c1-7-36-29(34)20(4)31-27(32)26(17-23-13-15-25(16-14-23)24-11-9-8-10-12-24)18-39(35,21(5)30)38-22(6)37-28(33)19(2)3/h8-16,19-22,26H,7,17-18,30H2,1-6H3,(H,31,32)/t20-,21+,22?,26+,39?/m0/s1. The number of benzene rings is 2. The summed E-state index contributed by atoms with van der Waals surface area (Å²) >= 11 is 0. The van der Waals surface area contributed by atoms with E-state index in [1.807, 2.05) is 54.6 Å². The van der Waals surface area contributed by atoms with Crippen LogP contribution >= 0.6 is 7.37 Å². The lowest BCUT2D eigenvalue weighted by Gasteiger charge is -2.29. The lowest BCUT2D eigenvalue weighted by molar-refractivity contribution is -0.165. The molecule has 0 aromatic heterocycles. The molecule has 2 aromatic carbocycles. The first-order chi connectivity index (χ1) is 18.4. The Morgan fingerprint density at radius 3 is 2.03 bits per heavy atom. The number of hydrogen-bond acceptors (Lipinski definition) is 8. The van der Waals surface area contributed by atoms with Crippen molar-refractivity contribution in [3.8, 4) is 11.1 Å². The van der Waals surface area contributed by atoms with E-state index in [0.717, 1.165) is 16.7 Å². The van der Waals surface area contributed by atoms with Crippen molar-refractivity contribution >= 4 is 25.2 Å². The maximum Gasteiger partial charge on any atom is 0.328 e. The van der Waals surface area contributed by atoms with Crippen LogP contribution in [0.5, 0.6) is 0 Å². The van der Waals surface area contributed by atoms with E-state index in [1.54, 1.807) is 20.8 Å². The minimum atomic E-state index is -3.69. The molecule has 0 aliphatic rings. The normalized spacial score (nSPS) is 15.9. The molecule has 0 saturated carbocycles. The van der Waals surface area contributed by atoms with E-state index >= 15 is 0 Å². The van der Waals surface area contributed by atoms with E-state index < -0.39 is 55.2 Å². The molecule has 2 unspecified atom stereocenters. The Hall–Kier alpha value is -3.00. The third-order valence-electron chi connectivity index (χ3n) is 6.09.